The van der Waals surface area contributed by atoms with E-state index in [0.29, 0.717) is 17.2 Å². The topological polar surface area (TPSA) is 27.7 Å². The molecular formula is C18H23O3Si4. The molecule has 3 nitrogen and oxygen atoms in total. The Morgan fingerprint density at radius 3 is 1.68 bits per heavy atom. The van der Waals surface area contributed by atoms with Crippen molar-refractivity contribution in [3.05, 3.63) is 45.9 Å². The van der Waals surface area contributed by atoms with Crippen LogP contribution in [-0.4, -0.2) is 39.5 Å². The molecule has 129 valence electrons. The lowest BCUT2D eigenvalue weighted by atomic mass is 10.3. The van der Waals surface area contributed by atoms with Gasteiger partial charge in [0.05, 0.1) is 10.2 Å². The third-order valence-corrected chi connectivity index (χ3v) is 6.49. The molecule has 0 unspecified atom stereocenters. The second kappa shape index (κ2) is 11.3. The maximum absolute atomic E-state index is 6.08. The number of rotatable bonds is 9. The molecule has 0 aliphatic carbocycles. The number of hydrogen-bond donors (Lipinski definition) is 0. The molecule has 7 heteroatoms. The van der Waals surface area contributed by atoms with Gasteiger partial charge in [0.2, 0.25) is 0 Å². The predicted molar refractivity (Wildman–Crippen MR) is 109 cm³/mol. The van der Waals surface area contributed by atoms with Gasteiger partial charge >= 0.3 is 29.3 Å². The highest BCUT2D eigenvalue weighted by Gasteiger charge is 2.17. The molecule has 1 rings (SSSR count). The largest absolute Gasteiger partial charge is 0.534 e. The van der Waals surface area contributed by atoms with E-state index >= 15 is 0 Å². The van der Waals surface area contributed by atoms with Gasteiger partial charge in [-0.25, -0.2) is 0 Å². The molecule has 0 fully saturated rings. The summed E-state index contributed by atoms with van der Waals surface area (Å²) < 4.78 is 18.1. The first kappa shape index (κ1) is 21.7. The van der Waals surface area contributed by atoms with Crippen LogP contribution in [0.5, 0.6) is 17.2 Å². The summed E-state index contributed by atoms with van der Waals surface area (Å²) in [6.45, 7) is 12.2. The molecule has 0 spiro atoms. The van der Waals surface area contributed by atoms with Crippen LogP contribution < -0.4 is 18.5 Å². The van der Waals surface area contributed by atoms with Crippen molar-refractivity contribution in [2.45, 2.75) is 41.5 Å². The van der Waals surface area contributed by atoms with Gasteiger partial charge in [0.1, 0.15) is 11.5 Å². The van der Waals surface area contributed by atoms with E-state index in [0.717, 1.165) is 5.19 Å². The summed E-state index contributed by atoms with van der Waals surface area (Å²) in [6, 6.07) is 3.85. The van der Waals surface area contributed by atoms with E-state index in [2.05, 4.69) is 49.2 Å². The first-order valence-corrected chi connectivity index (χ1v) is 11.2. The molecule has 0 aromatic heterocycles. The fourth-order valence-electron chi connectivity index (χ4n) is 1.40. The van der Waals surface area contributed by atoms with Crippen LogP contribution in [0.4, 0.5) is 0 Å². The number of allylic oxidation sites excluding steroid dienone is 6. The van der Waals surface area contributed by atoms with Crippen molar-refractivity contribution in [3.8, 4) is 17.2 Å². The normalized spacial score (nSPS) is 13.0. The molecular weight excluding hydrogens is 377 g/mol. The summed E-state index contributed by atoms with van der Waals surface area (Å²) >= 11 is 0. The molecule has 0 atom stereocenters. The Kier molecular flexibility index (Phi) is 9.87. The minimum Gasteiger partial charge on any atom is -0.534 e. The lowest BCUT2D eigenvalue weighted by molar-refractivity contribution is 0.493. The van der Waals surface area contributed by atoms with Gasteiger partial charge in [0.25, 0.3) is 0 Å². The Labute approximate surface area is 162 Å². The Bertz CT molecular complexity index is 667. The average molecular weight is 400 g/mol. The third kappa shape index (κ3) is 7.23. The third-order valence-electron chi connectivity index (χ3n) is 3.33. The van der Waals surface area contributed by atoms with Crippen molar-refractivity contribution in [1.29, 1.82) is 0 Å². The summed E-state index contributed by atoms with van der Waals surface area (Å²) in [5.74, 6) is 2.05. The van der Waals surface area contributed by atoms with Crippen LogP contribution in [0.2, 0.25) is 0 Å². The highest BCUT2D eigenvalue weighted by atomic mass is 28.2. The second-order valence-electron chi connectivity index (χ2n) is 5.30. The summed E-state index contributed by atoms with van der Waals surface area (Å²) in [6.07, 6.45) is 6.15. The van der Waals surface area contributed by atoms with Gasteiger partial charge in [0, 0.05) is 0 Å². The Balaban J connectivity index is 3.16. The van der Waals surface area contributed by atoms with Crippen molar-refractivity contribution < 1.29 is 13.3 Å². The van der Waals surface area contributed by atoms with Crippen LogP contribution in [0.1, 0.15) is 41.5 Å². The highest BCUT2D eigenvalue weighted by molar-refractivity contribution is 6.42. The van der Waals surface area contributed by atoms with Crippen LogP contribution in [0.25, 0.3) is 0 Å². The summed E-state index contributed by atoms with van der Waals surface area (Å²) in [5, 5.41) is 4.40. The average Bonchev–Trinajstić information content (AvgIpc) is 2.63. The van der Waals surface area contributed by atoms with Gasteiger partial charge in [-0.15, -0.1) is 0 Å². The molecule has 1 aromatic carbocycles. The zero-order valence-electron chi connectivity index (χ0n) is 15.6. The van der Waals surface area contributed by atoms with Gasteiger partial charge in [-0.2, -0.15) is 0 Å². The van der Waals surface area contributed by atoms with Crippen LogP contribution in [0.15, 0.2) is 45.9 Å². The molecule has 0 N–H and O–H groups in total. The maximum Gasteiger partial charge on any atom is 0.346 e. The SMILES string of the molecule is CC=C(C)[Si]Oc1ccc([Si])c(O[Si]C(C)=CC)c1O[Si]C(C)=CC. The Morgan fingerprint density at radius 2 is 1.20 bits per heavy atom. The fraction of sp³-hybridized carbons (Fsp3) is 0.333. The molecule has 0 saturated heterocycles. The molecule has 1 aromatic rings. The monoisotopic (exact) mass is 399 g/mol. The van der Waals surface area contributed by atoms with Gasteiger partial charge in [-0.3, -0.25) is 0 Å². The Hall–Kier alpha value is -1.29. The molecule has 25 heavy (non-hydrogen) atoms. The lowest BCUT2D eigenvalue weighted by Gasteiger charge is -2.19. The molecule has 0 bridgehead atoms. The quantitative estimate of drug-likeness (QED) is 0.597. The molecule has 0 aliphatic rings. The zero-order valence-corrected chi connectivity index (χ0v) is 19.6. The molecule has 0 saturated carbocycles. The fourth-order valence-corrected chi connectivity index (χ4v) is 3.46. The van der Waals surface area contributed by atoms with Gasteiger partial charge in [0.15, 0.2) is 5.75 Å². The minimum atomic E-state index is 0.227. The number of hydrogen-bond acceptors (Lipinski definition) is 3. The van der Waals surface area contributed by atoms with Crippen LogP contribution in [0.3, 0.4) is 0 Å². The van der Waals surface area contributed by atoms with Gasteiger partial charge in [-0.05, 0) is 68.4 Å². The van der Waals surface area contributed by atoms with E-state index in [-0.39, 0.29) is 29.3 Å². The van der Waals surface area contributed by atoms with E-state index in [9.17, 15) is 0 Å². The lowest BCUT2D eigenvalue weighted by Crippen LogP contribution is -2.18. The molecule has 0 heterocycles. The first-order valence-electron chi connectivity index (χ1n) is 7.98. The van der Waals surface area contributed by atoms with Crippen molar-refractivity contribution in [2.24, 2.45) is 0 Å². The van der Waals surface area contributed by atoms with Crippen LogP contribution in [-0.2, 0) is 0 Å². The van der Waals surface area contributed by atoms with E-state index < -0.39 is 0 Å². The van der Waals surface area contributed by atoms with E-state index in [1.165, 1.54) is 15.6 Å². The van der Waals surface area contributed by atoms with Crippen LogP contribution >= 0.6 is 0 Å². The van der Waals surface area contributed by atoms with Crippen LogP contribution in [0, 0.1) is 0 Å². The first-order chi connectivity index (χ1) is 11.9. The molecule has 9 radical (unpaired) electrons. The van der Waals surface area contributed by atoms with Crippen molar-refractivity contribution in [3.63, 3.8) is 0 Å². The van der Waals surface area contributed by atoms with Crippen molar-refractivity contribution in [1.82, 2.24) is 0 Å². The van der Waals surface area contributed by atoms with E-state index in [4.69, 9.17) is 13.3 Å². The Morgan fingerprint density at radius 1 is 0.760 bits per heavy atom. The standard InChI is InChI=1S/C18H23O3Si4/c1-7-12(4)23-19-15-10-11-16(22)18(21-25-14(6)9-3)17(15)20-24-13(5)8-2/h7-11H,1-6H3. The highest BCUT2D eigenvalue weighted by Crippen LogP contribution is 2.36. The van der Waals surface area contributed by atoms with E-state index in [1.807, 2.05) is 32.9 Å². The molecule has 0 amide bonds. The minimum absolute atomic E-state index is 0.227. The summed E-state index contributed by atoms with van der Waals surface area (Å²) in [5.41, 5.74) is 0. The predicted octanol–water partition coefficient (Wildman–Crippen LogP) is 3.25. The van der Waals surface area contributed by atoms with Gasteiger partial charge < -0.3 is 13.3 Å². The summed E-state index contributed by atoms with van der Waals surface area (Å²) in [7, 11) is 4.36. The zero-order chi connectivity index (χ0) is 18.8. The van der Waals surface area contributed by atoms with Gasteiger partial charge in [-0.1, -0.05) is 24.3 Å². The second-order valence-corrected chi connectivity index (χ2v) is 9.43. The number of benzene rings is 1. The smallest absolute Gasteiger partial charge is 0.346 e. The maximum atomic E-state index is 6.08. The molecule has 0 aliphatic heterocycles. The van der Waals surface area contributed by atoms with E-state index in [1.54, 1.807) is 0 Å². The van der Waals surface area contributed by atoms with Crippen molar-refractivity contribution >= 4 is 44.7 Å². The summed E-state index contributed by atoms with van der Waals surface area (Å²) in [4.78, 5) is 0. The van der Waals surface area contributed by atoms with Crippen molar-refractivity contribution in [2.75, 3.05) is 0 Å².